The predicted molar refractivity (Wildman–Crippen MR) is 142 cm³/mol. The Morgan fingerprint density at radius 2 is 1.68 bits per heavy atom. The molecule has 6 nitrogen and oxygen atoms in total. The lowest BCUT2D eigenvalue weighted by Gasteiger charge is -2.35. The number of hydrogen-bond donors (Lipinski definition) is 2. The summed E-state index contributed by atoms with van der Waals surface area (Å²) in [5, 5.41) is 7.14. The molecular weight excluding hydrogens is 515 g/mol. The average Bonchev–Trinajstić information content (AvgIpc) is 3.41. The number of halogens is 3. The van der Waals surface area contributed by atoms with Crippen LogP contribution in [0.1, 0.15) is 59.6 Å². The van der Waals surface area contributed by atoms with E-state index in [4.69, 9.17) is 0 Å². The minimum atomic E-state index is -4.66. The summed E-state index contributed by atoms with van der Waals surface area (Å²) in [4.78, 5) is 41.3. The van der Waals surface area contributed by atoms with Crippen LogP contribution in [0.3, 0.4) is 0 Å². The number of aryl methyl sites for hydroxylation is 1. The first-order chi connectivity index (χ1) is 17.8. The van der Waals surface area contributed by atoms with E-state index in [2.05, 4.69) is 10.6 Å². The minimum Gasteiger partial charge on any atom is -0.349 e. The van der Waals surface area contributed by atoms with Crippen LogP contribution in [0, 0.1) is 6.92 Å². The second-order valence-electron chi connectivity index (χ2n) is 9.51. The van der Waals surface area contributed by atoms with E-state index in [0.717, 1.165) is 22.6 Å². The molecule has 0 aliphatic heterocycles. The first kappa shape index (κ1) is 28.9. The average molecular weight is 546 g/mol. The summed E-state index contributed by atoms with van der Waals surface area (Å²) in [5.74, 6) is -1.80. The highest BCUT2D eigenvalue weighted by Gasteiger charge is 2.37. The third kappa shape index (κ3) is 7.22. The van der Waals surface area contributed by atoms with E-state index in [-0.39, 0.29) is 5.69 Å². The molecule has 0 bridgehead atoms. The fourth-order valence-electron chi connectivity index (χ4n) is 3.66. The van der Waals surface area contributed by atoms with Gasteiger partial charge >= 0.3 is 6.18 Å². The molecule has 202 valence electrons. The van der Waals surface area contributed by atoms with Gasteiger partial charge in [-0.05, 0) is 62.4 Å². The number of benzene rings is 2. The molecule has 0 fully saturated rings. The number of rotatable bonds is 9. The number of alkyl halides is 3. The summed E-state index contributed by atoms with van der Waals surface area (Å²) in [7, 11) is 0. The van der Waals surface area contributed by atoms with Gasteiger partial charge < -0.3 is 10.6 Å². The number of carbonyl (C=O) groups excluding carboxylic acids is 3. The topological polar surface area (TPSA) is 78.5 Å². The molecule has 1 atom stereocenters. The molecule has 10 heteroatoms. The van der Waals surface area contributed by atoms with Crippen LogP contribution in [-0.2, 0) is 15.8 Å². The van der Waals surface area contributed by atoms with Gasteiger partial charge in [0.2, 0.25) is 11.8 Å². The van der Waals surface area contributed by atoms with E-state index >= 15 is 0 Å². The Morgan fingerprint density at radius 1 is 1.00 bits per heavy atom. The van der Waals surface area contributed by atoms with E-state index in [1.807, 2.05) is 27.7 Å². The van der Waals surface area contributed by atoms with Crippen molar-refractivity contribution in [3.05, 3.63) is 87.6 Å². The third-order valence-electron chi connectivity index (χ3n) is 6.11. The molecule has 3 rings (SSSR count). The highest BCUT2D eigenvalue weighted by molar-refractivity contribution is 7.12. The number of carbonyl (C=O) groups is 3. The summed E-state index contributed by atoms with van der Waals surface area (Å²) in [6.07, 6.45) is -4.09. The lowest BCUT2D eigenvalue weighted by molar-refractivity contribution is -0.137. The van der Waals surface area contributed by atoms with Crippen LogP contribution < -0.4 is 15.5 Å². The van der Waals surface area contributed by atoms with E-state index in [0.29, 0.717) is 16.9 Å². The summed E-state index contributed by atoms with van der Waals surface area (Å²) >= 11 is 1.18. The largest absolute Gasteiger partial charge is 0.416 e. The molecule has 2 N–H and O–H groups in total. The van der Waals surface area contributed by atoms with Crippen LogP contribution in [0.15, 0.2) is 66.0 Å². The first-order valence-electron chi connectivity index (χ1n) is 12.0. The lowest BCUT2D eigenvalue weighted by Crippen LogP contribution is -2.52. The van der Waals surface area contributed by atoms with Gasteiger partial charge in [-0.2, -0.15) is 13.2 Å². The first-order valence-corrected chi connectivity index (χ1v) is 12.9. The van der Waals surface area contributed by atoms with Crippen molar-refractivity contribution >= 4 is 34.7 Å². The van der Waals surface area contributed by atoms with Gasteiger partial charge in [0.25, 0.3) is 5.91 Å². The molecule has 1 heterocycles. The van der Waals surface area contributed by atoms with Crippen molar-refractivity contribution in [3.8, 4) is 0 Å². The van der Waals surface area contributed by atoms with Gasteiger partial charge in [0.05, 0.1) is 17.0 Å². The molecule has 0 radical (unpaired) electrons. The summed E-state index contributed by atoms with van der Waals surface area (Å²) < 4.78 is 40.8. The smallest absolute Gasteiger partial charge is 0.349 e. The van der Waals surface area contributed by atoms with Crippen LogP contribution in [0.25, 0.3) is 0 Å². The SMILES string of the molecule is CCC(C)(C)NC(=O)C(c1ccc(C)cc1)N(C(=O)CNC(=O)c1cccs1)c1cccc(C(F)(F)F)c1. The van der Waals surface area contributed by atoms with Crippen molar-refractivity contribution in [1.29, 1.82) is 0 Å². The van der Waals surface area contributed by atoms with E-state index in [1.165, 1.54) is 23.5 Å². The Bertz CT molecular complexity index is 1270. The molecule has 0 saturated carbocycles. The third-order valence-corrected chi connectivity index (χ3v) is 6.98. The molecule has 0 spiro atoms. The van der Waals surface area contributed by atoms with Gasteiger partial charge in [0.1, 0.15) is 6.04 Å². The second kappa shape index (κ2) is 11.8. The Balaban J connectivity index is 2.10. The standard InChI is InChI=1S/C28H30F3N3O3S/c1-5-27(3,4)33-26(37)24(19-13-11-18(2)12-14-19)34(21-9-6-8-20(16-21)28(29,30)31)23(35)17-32-25(36)22-10-7-15-38-22/h6-16,24H,5,17H2,1-4H3,(H,32,36)(H,33,37). The monoisotopic (exact) mass is 545 g/mol. The molecule has 0 aliphatic rings. The van der Waals surface area contributed by atoms with Gasteiger partial charge in [-0.1, -0.05) is 48.9 Å². The lowest BCUT2D eigenvalue weighted by atomic mass is 9.97. The molecule has 1 aromatic heterocycles. The molecule has 2 aromatic carbocycles. The maximum atomic E-state index is 13.7. The second-order valence-corrected chi connectivity index (χ2v) is 10.5. The molecule has 38 heavy (non-hydrogen) atoms. The molecular formula is C28H30F3N3O3S. The number of thiophene rings is 1. The fraction of sp³-hybridized carbons (Fsp3) is 0.321. The Hall–Kier alpha value is -3.66. The normalized spacial score (nSPS) is 12.5. The van der Waals surface area contributed by atoms with Gasteiger partial charge in [-0.25, -0.2) is 0 Å². The Kier molecular flexibility index (Phi) is 8.98. The maximum absolute atomic E-state index is 13.7. The van der Waals surface area contributed by atoms with E-state index in [9.17, 15) is 27.6 Å². The number of amides is 3. The maximum Gasteiger partial charge on any atom is 0.416 e. The van der Waals surface area contributed by atoms with E-state index in [1.54, 1.807) is 41.8 Å². The Morgan fingerprint density at radius 3 is 2.26 bits per heavy atom. The predicted octanol–water partition coefficient (Wildman–Crippen LogP) is 5.88. The van der Waals surface area contributed by atoms with Crippen molar-refractivity contribution in [2.24, 2.45) is 0 Å². The van der Waals surface area contributed by atoms with Crippen molar-refractivity contribution in [1.82, 2.24) is 10.6 Å². The fourth-order valence-corrected chi connectivity index (χ4v) is 4.30. The zero-order valence-corrected chi connectivity index (χ0v) is 22.4. The zero-order chi connectivity index (χ0) is 28.1. The summed E-state index contributed by atoms with van der Waals surface area (Å²) in [6, 6.07) is 13.1. The number of anilines is 1. The Labute approximate surface area is 223 Å². The van der Waals surface area contributed by atoms with E-state index < -0.39 is 47.6 Å². The quantitative estimate of drug-likeness (QED) is 0.352. The van der Waals surface area contributed by atoms with Crippen LogP contribution in [0.4, 0.5) is 18.9 Å². The van der Waals surface area contributed by atoms with Crippen molar-refractivity contribution in [2.75, 3.05) is 11.4 Å². The molecule has 0 saturated heterocycles. The molecule has 3 amide bonds. The molecule has 3 aromatic rings. The number of nitrogens with zero attached hydrogens (tertiary/aromatic N) is 1. The highest BCUT2D eigenvalue weighted by atomic mass is 32.1. The zero-order valence-electron chi connectivity index (χ0n) is 21.6. The van der Waals surface area contributed by atoms with Crippen molar-refractivity contribution < 1.29 is 27.6 Å². The molecule has 1 unspecified atom stereocenters. The van der Waals surface area contributed by atoms with Gasteiger partial charge in [0, 0.05) is 11.2 Å². The highest BCUT2D eigenvalue weighted by Crippen LogP contribution is 2.35. The minimum absolute atomic E-state index is 0.120. The number of hydrogen-bond acceptors (Lipinski definition) is 4. The van der Waals surface area contributed by atoms with Crippen LogP contribution in [0.2, 0.25) is 0 Å². The van der Waals surface area contributed by atoms with Crippen LogP contribution in [0.5, 0.6) is 0 Å². The van der Waals surface area contributed by atoms with Crippen molar-refractivity contribution in [3.63, 3.8) is 0 Å². The van der Waals surface area contributed by atoms with Gasteiger partial charge in [-0.15, -0.1) is 11.3 Å². The number of nitrogens with one attached hydrogen (secondary N) is 2. The summed E-state index contributed by atoms with van der Waals surface area (Å²) in [5.41, 5.74) is -0.412. The van der Waals surface area contributed by atoms with Gasteiger partial charge in [0.15, 0.2) is 0 Å². The molecule has 0 aliphatic carbocycles. The van der Waals surface area contributed by atoms with Crippen LogP contribution >= 0.6 is 11.3 Å². The van der Waals surface area contributed by atoms with Gasteiger partial charge in [-0.3, -0.25) is 19.3 Å². The van der Waals surface area contributed by atoms with Crippen LogP contribution in [-0.4, -0.2) is 29.8 Å². The summed E-state index contributed by atoms with van der Waals surface area (Å²) in [6.45, 7) is 6.84. The van der Waals surface area contributed by atoms with Crippen molar-refractivity contribution in [2.45, 2.75) is 51.9 Å².